The van der Waals surface area contributed by atoms with Crippen molar-refractivity contribution in [2.75, 3.05) is 12.3 Å². The highest BCUT2D eigenvalue weighted by Gasteiger charge is 2.41. The maximum absolute atomic E-state index is 12.2. The number of rotatable bonds is 5. The Balaban J connectivity index is 1.61. The van der Waals surface area contributed by atoms with Gasteiger partial charge in [-0.25, -0.2) is 0 Å². The van der Waals surface area contributed by atoms with Gasteiger partial charge in [-0.05, 0) is 61.6 Å². The van der Waals surface area contributed by atoms with E-state index >= 15 is 0 Å². The summed E-state index contributed by atoms with van der Waals surface area (Å²) >= 11 is 3.35. The van der Waals surface area contributed by atoms with Crippen molar-refractivity contribution in [1.82, 2.24) is 5.32 Å². The lowest BCUT2D eigenvalue weighted by Crippen LogP contribution is -2.31. The third-order valence-electron chi connectivity index (χ3n) is 4.21. The van der Waals surface area contributed by atoms with Crippen LogP contribution in [0.2, 0.25) is 0 Å². The van der Waals surface area contributed by atoms with E-state index in [4.69, 9.17) is 5.73 Å². The van der Waals surface area contributed by atoms with Crippen molar-refractivity contribution in [3.05, 3.63) is 28.2 Å². The summed E-state index contributed by atoms with van der Waals surface area (Å²) in [4.78, 5) is 12.2. The van der Waals surface area contributed by atoms with Crippen molar-refractivity contribution in [2.24, 2.45) is 17.8 Å². The van der Waals surface area contributed by atoms with E-state index in [1.165, 1.54) is 25.7 Å². The number of nitrogens with one attached hydrogen (secondary N) is 1. The van der Waals surface area contributed by atoms with Crippen LogP contribution in [0.25, 0.3) is 0 Å². The molecule has 0 aromatic heterocycles. The number of carbonyl (C=O) groups excluding carboxylic acids is 1. The Morgan fingerprint density at radius 2 is 1.95 bits per heavy atom. The first-order valence-electron chi connectivity index (χ1n) is 6.98. The van der Waals surface area contributed by atoms with Gasteiger partial charge in [0.05, 0.1) is 5.56 Å². The van der Waals surface area contributed by atoms with Crippen LogP contribution in [0.3, 0.4) is 0 Å². The van der Waals surface area contributed by atoms with Crippen LogP contribution < -0.4 is 11.1 Å². The van der Waals surface area contributed by atoms with Gasteiger partial charge >= 0.3 is 0 Å². The van der Waals surface area contributed by atoms with Crippen LogP contribution in [0.1, 0.15) is 36.0 Å². The van der Waals surface area contributed by atoms with Gasteiger partial charge in [0.15, 0.2) is 0 Å². The van der Waals surface area contributed by atoms with Crippen molar-refractivity contribution in [3.63, 3.8) is 0 Å². The van der Waals surface area contributed by atoms with Crippen molar-refractivity contribution >= 4 is 27.5 Å². The summed E-state index contributed by atoms with van der Waals surface area (Å²) in [6.45, 7) is 0.809. The normalized spacial score (nSPS) is 18.6. The summed E-state index contributed by atoms with van der Waals surface area (Å²) in [7, 11) is 0. The molecule has 2 aliphatic rings. The molecular formula is C15H19BrN2O. The van der Waals surface area contributed by atoms with E-state index in [0.29, 0.717) is 17.2 Å². The molecule has 2 aliphatic carbocycles. The van der Waals surface area contributed by atoms with Gasteiger partial charge in [0.1, 0.15) is 0 Å². The van der Waals surface area contributed by atoms with Crippen LogP contribution in [0.5, 0.6) is 0 Å². The minimum Gasteiger partial charge on any atom is -0.398 e. The molecule has 0 saturated heterocycles. The van der Waals surface area contributed by atoms with Gasteiger partial charge in [0.2, 0.25) is 0 Å². The zero-order chi connectivity index (χ0) is 13.4. The fraction of sp³-hybridized carbons (Fsp3) is 0.533. The largest absolute Gasteiger partial charge is 0.398 e. The van der Waals surface area contributed by atoms with Gasteiger partial charge in [0.25, 0.3) is 5.91 Å². The van der Waals surface area contributed by atoms with E-state index in [1.807, 2.05) is 6.07 Å². The molecule has 0 aliphatic heterocycles. The van der Waals surface area contributed by atoms with Gasteiger partial charge in [-0.3, -0.25) is 4.79 Å². The van der Waals surface area contributed by atoms with E-state index in [2.05, 4.69) is 21.2 Å². The number of benzene rings is 1. The fourth-order valence-corrected chi connectivity index (χ4v) is 3.19. The molecule has 2 fully saturated rings. The van der Waals surface area contributed by atoms with E-state index in [9.17, 15) is 4.79 Å². The lowest BCUT2D eigenvalue weighted by molar-refractivity contribution is 0.0944. The zero-order valence-corrected chi connectivity index (χ0v) is 12.4. The molecule has 0 unspecified atom stereocenters. The standard InChI is InChI=1S/C15H19BrN2O/c16-11-5-6-12(14(17)7-11)15(19)18-8-13(9-1-2-9)10-3-4-10/h5-7,9-10,13H,1-4,8,17H2,(H,18,19). The molecule has 1 amide bonds. The molecule has 102 valence electrons. The van der Waals surface area contributed by atoms with Gasteiger partial charge in [-0.2, -0.15) is 0 Å². The number of halogens is 1. The van der Waals surface area contributed by atoms with Crippen LogP contribution in [0, 0.1) is 17.8 Å². The van der Waals surface area contributed by atoms with Crippen LogP contribution in [-0.4, -0.2) is 12.5 Å². The number of carbonyl (C=O) groups is 1. The first-order valence-corrected chi connectivity index (χ1v) is 7.77. The SMILES string of the molecule is Nc1cc(Br)ccc1C(=O)NCC(C1CC1)C1CC1. The number of nitrogens with two attached hydrogens (primary N) is 1. The molecule has 2 saturated carbocycles. The summed E-state index contributed by atoms with van der Waals surface area (Å²) in [5.41, 5.74) is 6.99. The van der Waals surface area contributed by atoms with E-state index in [1.54, 1.807) is 12.1 Å². The minimum atomic E-state index is -0.0451. The van der Waals surface area contributed by atoms with Crippen molar-refractivity contribution < 1.29 is 4.79 Å². The fourth-order valence-electron chi connectivity index (χ4n) is 2.81. The lowest BCUT2D eigenvalue weighted by Gasteiger charge is -2.16. The summed E-state index contributed by atoms with van der Waals surface area (Å²) in [6, 6.07) is 5.40. The highest BCUT2D eigenvalue weighted by Crippen LogP contribution is 2.48. The first-order chi connectivity index (χ1) is 9.15. The van der Waals surface area contributed by atoms with Gasteiger partial charge < -0.3 is 11.1 Å². The van der Waals surface area contributed by atoms with Gasteiger partial charge in [0, 0.05) is 16.7 Å². The number of amides is 1. The average molecular weight is 323 g/mol. The second-order valence-electron chi connectivity index (χ2n) is 5.78. The molecule has 1 aromatic carbocycles. The molecule has 0 heterocycles. The Morgan fingerprint density at radius 3 is 2.47 bits per heavy atom. The average Bonchev–Trinajstić information content (AvgIpc) is 3.23. The molecule has 1 aromatic rings. The van der Waals surface area contributed by atoms with Gasteiger partial charge in [-0.1, -0.05) is 15.9 Å². The molecular weight excluding hydrogens is 304 g/mol. The maximum atomic E-state index is 12.2. The van der Waals surface area contributed by atoms with Crippen LogP contribution in [0.4, 0.5) is 5.69 Å². The summed E-state index contributed by atoms with van der Waals surface area (Å²) in [5, 5.41) is 3.07. The molecule has 3 nitrogen and oxygen atoms in total. The van der Waals surface area contributed by atoms with Crippen molar-refractivity contribution in [1.29, 1.82) is 0 Å². The second-order valence-corrected chi connectivity index (χ2v) is 6.70. The summed E-state index contributed by atoms with van der Waals surface area (Å²) in [5.74, 6) is 2.36. The summed E-state index contributed by atoms with van der Waals surface area (Å²) < 4.78 is 0.899. The zero-order valence-electron chi connectivity index (χ0n) is 10.9. The van der Waals surface area contributed by atoms with Crippen LogP contribution in [-0.2, 0) is 0 Å². The Labute approximate surface area is 122 Å². The number of anilines is 1. The quantitative estimate of drug-likeness (QED) is 0.818. The number of hydrogen-bond donors (Lipinski definition) is 2. The monoisotopic (exact) mass is 322 g/mol. The Bertz CT molecular complexity index is 483. The van der Waals surface area contributed by atoms with Crippen LogP contribution in [0.15, 0.2) is 22.7 Å². The third-order valence-corrected chi connectivity index (χ3v) is 4.70. The van der Waals surface area contributed by atoms with Crippen molar-refractivity contribution in [3.8, 4) is 0 Å². The van der Waals surface area contributed by atoms with Crippen molar-refractivity contribution in [2.45, 2.75) is 25.7 Å². The molecule has 0 spiro atoms. The Hall–Kier alpha value is -1.03. The summed E-state index contributed by atoms with van der Waals surface area (Å²) in [6.07, 6.45) is 5.38. The number of nitrogen functional groups attached to an aromatic ring is 1. The Morgan fingerprint density at radius 1 is 1.32 bits per heavy atom. The molecule has 0 radical (unpaired) electrons. The maximum Gasteiger partial charge on any atom is 0.253 e. The first kappa shape index (κ1) is 13.0. The topological polar surface area (TPSA) is 55.1 Å². The predicted molar refractivity (Wildman–Crippen MR) is 79.8 cm³/mol. The van der Waals surface area contributed by atoms with Gasteiger partial charge in [-0.15, -0.1) is 0 Å². The van der Waals surface area contributed by atoms with Crippen LogP contribution >= 0.6 is 15.9 Å². The molecule has 3 rings (SSSR count). The smallest absolute Gasteiger partial charge is 0.253 e. The lowest BCUT2D eigenvalue weighted by atomic mass is 9.98. The molecule has 4 heteroatoms. The minimum absolute atomic E-state index is 0.0451. The van der Waals surface area contributed by atoms with E-state index < -0.39 is 0 Å². The highest BCUT2D eigenvalue weighted by molar-refractivity contribution is 9.10. The Kier molecular flexibility index (Phi) is 3.52. The molecule has 3 N–H and O–H groups in total. The highest BCUT2D eigenvalue weighted by atomic mass is 79.9. The second kappa shape index (κ2) is 5.16. The van der Waals surface area contributed by atoms with E-state index in [-0.39, 0.29) is 5.91 Å². The molecule has 19 heavy (non-hydrogen) atoms. The number of hydrogen-bond acceptors (Lipinski definition) is 2. The molecule has 0 bridgehead atoms. The van der Waals surface area contributed by atoms with E-state index in [0.717, 1.165) is 22.9 Å². The predicted octanol–water partition coefficient (Wildman–Crippen LogP) is 3.20. The molecule has 0 atom stereocenters. The third kappa shape index (κ3) is 3.11.